The molecule has 0 aromatic heterocycles. The first-order chi connectivity index (χ1) is 30.0. The molecular weight excluding hydrogens is 757 g/mol. The Labute approximate surface area is 380 Å². The topological polar surface area (TPSA) is 43.5 Å². The van der Waals surface area contributed by atoms with E-state index in [-0.39, 0.29) is 22.4 Å². The predicted molar refractivity (Wildman–Crippen MR) is 268 cm³/mol. The lowest BCUT2D eigenvalue weighted by Crippen LogP contribution is -2.32. The lowest BCUT2D eigenvalue weighted by molar-refractivity contribution is -0.438. The number of allylic oxidation sites excluding steroid dienone is 5. The van der Waals surface area contributed by atoms with Crippen molar-refractivity contribution in [2.75, 3.05) is 18.0 Å². The first-order valence-electron chi connectivity index (χ1n) is 26.1. The predicted octanol–water partition coefficient (Wildman–Crippen LogP) is 16.6. The molecule has 2 aliphatic heterocycles. The average Bonchev–Trinajstić information content (AvgIpc) is 3.60. The minimum atomic E-state index is -0.283. The standard InChI is InChI=1S/C58H88N2O2/c1-9-13-17-19-21-23-25-27-29-31-39-59-51-37-35-45(33-15-11-3)41-49(51)57(5,6)53(59)43-47-55(61)48(56(47)62)44-54-58(7,8)50-42-46(34-16-12-4)36-38-52(50)60(54)40-32-30-28-26-24-22-20-18-14-10-2/h35-38,41-44H,9-34,39-40H2,1-8H3/p+1. The normalized spacial score (nSPS) is 17.8. The number of fused-ring (bicyclic) bond motifs is 2. The maximum absolute atomic E-state index is 14.4. The molecule has 62 heavy (non-hydrogen) atoms. The van der Waals surface area contributed by atoms with Gasteiger partial charge in [0.2, 0.25) is 11.5 Å². The molecule has 0 bridgehead atoms. The van der Waals surface area contributed by atoms with Crippen LogP contribution in [0.4, 0.5) is 11.4 Å². The van der Waals surface area contributed by atoms with Gasteiger partial charge in [0.15, 0.2) is 5.71 Å². The summed E-state index contributed by atoms with van der Waals surface area (Å²) in [6, 6.07) is 14.1. The first-order valence-corrected chi connectivity index (χ1v) is 26.1. The Morgan fingerprint density at radius 3 is 1.58 bits per heavy atom. The molecule has 0 amide bonds. The zero-order chi connectivity index (χ0) is 44.5. The molecule has 0 saturated carbocycles. The van der Waals surface area contributed by atoms with Crippen molar-refractivity contribution in [2.45, 2.75) is 233 Å². The highest BCUT2D eigenvalue weighted by molar-refractivity contribution is 6.24. The molecule has 4 heteroatoms. The van der Waals surface area contributed by atoms with Crippen molar-refractivity contribution >= 4 is 22.9 Å². The van der Waals surface area contributed by atoms with Gasteiger partial charge in [-0.2, -0.15) is 4.58 Å². The van der Waals surface area contributed by atoms with Gasteiger partial charge in [0.25, 0.3) is 0 Å². The molecule has 0 spiro atoms. The molecule has 4 nitrogen and oxygen atoms in total. The van der Waals surface area contributed by atoms with Crippen molar-refractivity contribution in [3.63, 3.8) is 0 Å². The monoisotopic (exact) mass is 846 g/mol. The minimum Gasteiger partial charge on any atom is -0.506 e. The number of Topliss-reactive ketones (excluding diaryl/α,β-unsaturated/α-hetero) is 1. The number of anilines is 1. The third-order valence-corrected chi connectivity index (χ3v) is 14.6. The van der Waals surface area contributed by atoms with Gasteiger partial charge < -0.3 is 10.0 Å². The number of unbranched alkanes of at least 4 members (excludes halogenated alkanes) is 20. The van der Waals surface area contributed by atoms with Gasteiger partial charge in [-0.1, -0.05) is 182 Å². The zero-order valence-electron chi connectivity index (χ0n) is 41.2. The SMILES string of the molecule is CCCCCCCCCCCCN1/C(=C\C2=C(O)C(=C\C3=[N+](CCCCCCCCCCCC)c4ccc(CCCC)cc4C3(C)C)/C2=O)C(C)(C)c2cc(CCCC)ccc21. The van der Waals surface area contributed by atoms with Gasteiger partial charge in [-0.05, 0) is 87.3 Å². The van der Waals surface area contributed by atoms with Crippen molar-refractivity contribution in [2.24, 2.45) is 0 Å². The number of aryl methyl sites for hydroxylation is 2. The molecule has 1 aliphatic carbocycles. The molecule has 2 aromatic rings. The fourth-order valence-electron chi connectivity index (χ4n) is 10.4. The summed E-state index contributed by atoms with van der Waals surface area (Å²) in [7, 11) is 0. The average molecular weight is 846 g/mol. The molecule has 0 unspecified atom stereocenters. The second kappa shape index (κ2) is 24.6. The third-order valence-electron chi connectivity index (χ3n) is 14.6. The molecule has 3 aliphatic rings. The number of carbonyl (C=O) groups excluding carboxylic acids is 1. The zero-order valence-corrected chi connectivity index (χ0v) is 41.2. The number of carbonyl (C=O) groups is 1. The van der Waals surface area contributed by atoms with Crippen molar-refractivity contribution in [1.82, 2.24) is 0 Å². The first kappa shape index (κ1) is 49.6. The molecular formula is C58H89N2O2+. The largest absolute Gasteiger partial charge is 0.506 e. The Morgan fingerprint density at radius 2 is 1.05 bits per heavy atom. The van der Waals surface area contributed by atoms with Gasteiger partial charge in [0.1, 0.15) is 12.3 Å². The molecule has 0 saturated heterocycles. The molecule has 2 heterocycles. The van der Waals surface area contributed by atoms with Crippen LogP contribution < -0.4 is 4.90 Å². The third kappa shape index (κ3) is 12.4. The van der Waals surface area contributed by atoms with Gasteiger partial charge in [-0.3, -0.25) is 4.79 Å². The Morgan fingerprint density at radius 1 is 0.565 bits per heavy atom. The summed E-state index contributed by atoms with van der Waals surface area (Å²) in [5.41, 5.74) is 10.6. The quantitative estimate of drug-likeness (QED) is 0.0484. The number of aliphatic hydroxyl groups excluding tert-OH is 1. The van der Waals surface area contributed by atoms with E-state index in [9.17, 15) is 9.90 Å². The van der Waals surface area contributed by atoms with E-state index in [1.54, 1.807) is 0 Å². The number of benzene rings is 2. The number of nitrogens with zero attached hydrogens (tertiary/aromatic N) is 2. The fraction of sp³-hybridized carbons (Fsp3) is 0.655. The molecule has 0 atom stereocenters. The number of aliphatic hydroxyl groups is 1. The highest BCUT2D eigenvalue weighted by Gasteiger charge is 2.47. The molecule has 5 rings (SSSR count). The van der Waals surface area contributed by atoms with E-state index < -0.39 is 0 Å². The number of ketones is 1. The van der Waals surface area contributed by atoms with Crippen LogP contribution in [0.15, 0.2) is 71.2 Å². The summed E-state index contributed by atoms with van der Waals surface area (Å²) in [5, 5.41) is 11.9. The van der Waals surface area contributed by atoms with E-state index in [1.807, 2.05) is 0 Å². The van der Waals surface area contributed by atoms with Crippen molar-refractivity contribution in [1.29, 1.82) is 0 Å². The smallest absolute Gasteiger partial charge is 0.209 e. The minimum absolute atomic E-state index is 0.0361. The highest BCUT2D eigenvalue weighted by Crippen LogP contribution is 2.50. The van der Waals surface area contributed by atoms with E-state index in [2.05, 4.69) is 113 Å². The van der Waals surface area contributed by atoms with Crippen molar-refractivity contribution in [3.8, 4) is 0 Å². The van der Waals surface area contributed by atoms with Gasteiger partial charge in [0, 0.05) is 47.5 Å². The highest BCUT2D eigenvalue weighted by atomic mass is 16.3. The maximum Gasteiger partial charge on any atom is 0.209 e. The summed E-state index contributed by atoms with van der Waals surface area (Å²) < 4.78 is 2.48. The number of hydrogen-bond acceptors (Lipinski definition) is 3. The molecule has 0 radical (unpaired) electrons. The Hall–Kier alpha value is -3.40. The summed E-state index contributed by atoms with van der Waals surface area (Å²) in [4.78, 5) is 16.9. The van der Waals surface area contributed by atoms with Crippen LogP contribution in [-0.4, -0.2) is 34.3 Å². The lowest BCUT2D eigenvalue weighted by atomic mass is 9.77. The van der Waals surface area contributed by atoms with E-state index in [1.165, 1.54) is 175 Å². The van der Waals surface area contributed by atoms with Gasteiger partial charge in [-0.15, -0.1) is 0 Å². The lowest BCUT2D eigenvalue weighted by Gasteiger charge is -2.29. The van der Waals surface area contributed by atoms with E-state index >= 15 is 0 Å². The van der Waals surface area contributed by atoms with Gasteiger partial charge >= 0.3 is 0 Å². The van der Waals surface area contributed by atoms with Crippen LogP contribution in [0.5, 0.6) is 0 Å². The second-order valence-electron chi connectivity index (χ2n) is 20.4. The molecule has 1 N–H and O–H groups in total. The molecule has 2 aromatic carbocycles. The van der Waals surface area contributed by atoms with Crippen LogP contribution in [0.1, 0.15) is 232 Å². The summed E-state index contributed by atoms with van der Waals surface area (Å²) in [5.74, 6) is 0.115. The molecule has 0 fully saturated rings. The number of hydrogen-bond donors (Lipinski definition) is 1. The number of rotatable bonds is 30. The van der Waals surface area contributed by atoms with Gasteiger partial charge in [-0.25, -0.2) is 0 Å². The van der Waals surface area contributed by atoms with Crippen molar-refractivity contribution < 1.29 is 14.5 Å². The van der Waals surface area contributed by atoms with E-state index in [0.29, 0.717) is 11.1 Å². The second-order valence-corrected chi connectivity index (χ2v) is 20.4. The summed E-state index contributed by atoms with van der Waals surface area (Å²) in [6.45, 7) is 20.2. The summed E-state index contributed by atoms with van der Waals surface area (Å²) in [6.07, 6.45) is 37.2. The van der Waals surface area contributed by atoms with Gasteiger partial charge in [0.05, 0.1) is 16.6 Å². The van der Waals surface area contributed by atoms with E-state index in [4.69, 9.17) is 0 Å². The van der Waals surface area contributed by atoms with Crippen LogP contribution in [0.25, 0.3) is 0 Å². The molecule has 342 valence electrons. The Bertz CT molecular complexity index is 1890. The Balaban J connectivity index is 1.38. The van der Waals surface area contributed by atoms with Crippen LogP contribution in [0.3, 0.4) is 0 Å². The van der Waals surface area contributed by atoms with Crippen LogP contribution in [0, 0.1) is 0 Å². The van der Waals surface area contributed by atoms with Crippen LogP contribution in [-0.2, 0) is 28.5 Å². The van der Waals surface area contributed by atoms with E-state index in [0.717, 1.165) is 50.2 Å². The fourth-order valence-corrected chi connectivity index (χ4v) is 10.4. The van der Waals surface area contributed by atoms with Crippen molar-refractivity contribution in [3.05, 3.63) is 93.4 Å². The maximum atomic E-state index is 14.4. The Kier molecular flexibility index (Phi) is 19.7. The summed E-state index contributed by atoms with van der Waals surface area (Å²) >= 11 is 0. The van der Waals surface area contributed by atoms with Crippen LogP contribution >= 0.6 is 0 Å². The van der Waals surface area contributed by atoms with Crippen LogP contribution in [0.2, 0.25) is 0 Å².